The van der Waals surface area contributed by atoms with Gasteiger partial charge in [0.2, 0.25) is 0 Å². The zero-order valence-corrected chi connectivity index (χ0v) is 9.94. The Kier molecular flexibility index (Phi) is 3.77. The van der Waals surface area contributed by atoms with Gasteiger partial charge in [-0.15, -0.1) is 0 Å². The summed E-state index contributed by atoms with van der Waals surface area (Å²) in [5.41, 5.74) is 8.85. The van der Waals surface area contributed by atoms with E-state index >= 15 is 0 Å². The molecule has 2 aromatic rings. The average molecular weight is 231 g/mol. The van der Waals surface area contributed by atoms with Gasteiger partial charge in [0.05, 0.1) is 11.9 Å². The fraction of sp³-hybridized carbons (Fsp3) is 0.308. The van der Waals surface area contributed by atoms with Gasteiger partial charge >= 0.3 is 0 Å². The molecule has 1 aromatic heterocycles. The van der Waals surface area contributed by atoms with Crippen LogP contribution >= 0.6 is 0 Å². The number of benzene rings is 1. The Morgan fingerprint density at radius 1 is 1.41 bits per heavy atom. The summed E-state index contributed by atoms with van der Waals surface area (Å²) in [6.45, 7) is 3.40. The predicted molar refractivity (Wildman–Crippen MR) is 68.0 cm³/mol. The van der Waals surface area contributed by atoms with E-state index in [1.54, 1.807) is 6.20 Å². The van der Waals surface area contributed by atoms with Gasteiger partial charge in [0, 0.05) is 19.5 Å². The highest BCUT2D eigenvalue weighted by Crippen LogP contribution is 2.18. The molecule has 90 valence electrons. The molecule has 1 aromatic carbocycles. The molecule has 3 N–H and O–H groups in total. The second-order valence-corrected chi connectivity index (χ2v) is 4.04. The van der Waals surface area contributed by atoms with Crippen LogP contribution in [0.3, 0.4) is 0 Å². The van der Waals surface area contributed by atoms with Crippen LogP contribution in [-0.4, -0.2) is 18.2 Å². The molecule has 0 aliphatic carbocycles. The molecule has 4 nitrogen and oxygen atoms in total. The largest absolute Gasteiger partial charge is 0.380 e. The summed E-state index contributed by atoms with van der Waals surface area (Å²) < 4.78 is 5.25. The van der Waals surface area contributed by atoms with E-state index in [1.165, 1.54) is 11.1 Å². The first-order chi connectivity index (χ1) is 8.29. The summed E-state index contributed by atoms with van der Waals surface area (Å²) in [6.07, 6.45) is 2.44. The molecule has 0 aliphatic rings. The Morgan fingerprint density at radius 2 is 2.29 bits per heavy atom. The van der Waals surface area contributed by atoms with Gasteiger partial charge in [-0.2, -0.15) is 0 Å². The number of hydrogen-bond donors (Lipinski definition) is 2. The van der Waals surface area contributed by atoms with Crippen molar-refractivity contribution in [3.8, 4) is 0 Å². The molecule has 2 rings (SSSR count). The Bertz CT molecular complexity index is 479. The topological polar surface area (TPSA) is 64.1 Å². The minimum atomic E-state index is 0.592. The van der Waals surface area contributed by atoms with Crippen LogP contribution in [0.15, 0.2) is 35.0 Å². The number of nitrogens with two attached hydrogens (primary N) is 1. The first-order valence-electron chi connectivity index (χ1n) is 5.72. The van der Waals surface area contributed by atoms with E-state index < -0.39 is 0 Å². The van der Waals surface area contributed by atoms with Crippen LogP contribution < -0.4 is 11.1 Å². The van der Waals surface area contributed by atoms with Gasteiger partial charge in [-0.3, -0.25) is 0 Å². The summed E-state index contributed by atoms with van der Waals surface area (Å²) in [6, 6.07) is 8.36. The lowest BCUT2D eigenvalue weighted by molar-refractivity contribution is 0.390. The molecule has 0 saturated heterocycles. The van der Waals surface area contributed by atoms with E-state index in [-0.39, 0.29) is 0 Å². The predicted octanol–water partition coefficient (Wildman–Crippen LogP) is 1.94. The van der Waals surface area contributed by atoms with Crippen molar-refractivity contribution < 1.29 is 4.52 Å². The van der Waals surface area contributed by atoms with Crippen LogP contribution in [0, 0.1) is 6.92 Å². The van der Waals surface area contributed by atoms with Gasteiger partial charge < -0.3 is 15.6 Å². The molecule has 0 aliphatic heterocycles. The van der Waals surface area contributed by atoms with E-state index in [2.05, 4.69) is 35.6 Å². The number of nitrogens with zero attached hydrogens (tertiary/aromatic N) is 1. The molecule has 0 radical (unpaired) electrons. The second kappa shape index (κ2) is 5.50. The first kappa shape index (κ1) is 11.7. The zero-order valence-electron chi connectivity index (χ0n) is 9.94. The van der Waals surface area contributed by atoms with E-state index in [0.29, 0.717) is 6.54 Å². The van der Waals surface area contributed by atoms with Crippen molar-refractivity contribution in [2.45, 2.75) is 13.3 Å². The quantitative estimate of drug-likeness (QED) is 0.825. The van der Waals surface area contributed by atoms with Crippen LogP contribution in [0.2, 0.25) is 0 Å². The molecule has 0 spiro atoms. The summed E-state index contributed by atoms with van der Waals surface area (Å²) in [4.78, 5) is 0. The van der Waals surface area contributed by atoms with E-state index in [1.807, 2.05) is 6.07 Å². The van der Waals surface area contributed by atoms with Crippen molar-refractivity contribution >= 4 is 5.69 Å². The summed E-state index contributed by atoms with van der Waals surface area (Å²) in [7, 11) is 0. The van der Waals surface area contributed by atoms with Crippen LogP contribution in [0.4, 0.5) is 5.69 Å². The molecular formula is C13H17N3O. The molecule has 1 heterocycles. The second-order valence-electron chi connectivity index (χ2n) is 4.04. The maximum absolute atomic E-state index is 5.45. The van der Waals surface area contributed by atoms with Crippen LogP contribution in [0.5, 0.6) is 0 Å². The Balaban J connectivity index is 2.10. The van der Waals surface area contributed by atoms with Gasteiger partial charge in [-0.05, 0) is 12.5 Å². The Morgan fingerprint density at radius 3 is 3.06 bits per heavy atom. The van der Waals surface area contributed by atoms with Crippen molar-refractivity contribution in [1.82, 2.24) is 5.16 Å². The van der Waals surface area contributed by atoms with Crippen molar-refractivity contribution in [3.63, 3.8) is 0 Å². The Hall–Kier alpha value is -1.81. The highest BCUT2D eigenvalue weighted by molar-refractivity contribution is 5.46. The summed E-state index contributed by atoms with van der Waals surface area (Å²) in [5.74, 6) is 0.851. The van der Waals surface area contributed by atoms with Gasteiger partial charge in [0.25, 0.3) is 0 Å². The first-order valence-corrected chi connectivity index (χ1v) is 5.72. The van der Waals surface area contributed by atoms with Crippen molar-refractivity contribution in [2.75, 3.05) is 18.4 Å². The van der Waals surface area contributed by atoms with E-state index in [0.717, 1.165) is 24.4 Å². The van der Waals surface area contributed by atoms with Gasteiger partial charge in [0.1, 0.15) is 0 Å². The summed E-state index contributed by atoms with van der Waals surface area (Å²) >= 11 is 0. The van der Waals surface area contributed by atoms with E-state index in [4.69, 9.17) is 10.3 Å². The smallest absolute Gasteiger partial charge is 0.164 e. The van der Waals surface area contributed by atoms with Gasteiger partial charge in [0.15, 0.2) is 5.76 Å². The summed E-state index contributed by atoms with van der Waals surface area (Å²) in [5, 5.41) is 7.01. The number of aromatic nitrogens is 1. The van der Waals surface area contributed by atoms with Crippen LogP contribution in [0.25, 0.3) is 0 Å². The molecule has 4 heteroatoms. The molecule has 0 fully saturated rings. The third-order valence-electron chi connectivity index (χ3n) is 2.55. The third kappa shape index (κ3) is 3.07. The number of aryl methyl sites for hydroxylation is 1. The zero-order chi connectivity index (χ0) is 12.1. The standard InChI is InChI=1S/C13H17N3O/c1-10-3-2-4-11(7-10)8-13-12(9-16-17-13)15-6-5-14/h2-4,7,9,15H,5-6,8,14H2,1H3. The van der Waals surface area contributed by atoms with Crippen molar-refractivity contribution in [1.29, 1.82) is 0 Å². The lowest BCUT2D eigenvalue weighted by Crippen LogP contribution is -2.13. The number of nitrogens with one attached hydrogen (secondary N) is 1. The monoisotopic (exact) mass is 231 g/mol. The molecular weight excluding hydrogens is 214 g/mol. The molecule has 0 unspecified atom stereocenters. The SMILES string of the molecule is Cc1cccc(Cc2oncc2NCCN)c1. The van der Waals surface area contributed by atoms with Gasteiger partial charge in [-0.25, -0.2) is 0 Å². The Labute approximate surface area is 101 Å². The minimum absolute atomic E-state index is 0.592. The highest BCUT2D eigenvalue weighted by atomic mass is 16.5. The maximum Gasteiger partial charge on any atom is 0.164 e. The van der Waals surface area contributed by atoms with Crippen molar-refractivity contribution in [2.24, 2.45) is 5.73 Å². The third-order valence-corrected chi connectivity index (χ3v) is 2.55. The fourth-order valence-corrected chi connectivity index (χ4v) is 1.75. The lowest BCUT2D eigenvalue weighted by atomic mass is 10.1. The molecule has 0 bridgehead atoms. The number of rotatable bonds is 5. The van der Waals surface area contributed by atoms with Crippen molar-refractivity contribution in [3.05, 3.63) is 47.3 Å². The number of anilines is 1. The molecule has 0 atom stereocenters. The highest BCUT2D eigenvalue weighted by Gasteiger charge is 2.08. The molecule has 0 saturated carbocycles. The van der Waals surface area contributed by atoms with E-state index in [9.17, 15) is 0 Å². The minimum Gasteiger partial charge on any atom is -0.380 e. The average Bonchev–Trinajstić information content (AvgIpc) is 2.74. The van der Waals surface area contributed by atoms with Crippen LogP contribution in [-0.2, 0) is 6.42 Å². The van der Waals surface area contributed by atoms with Gasteiger partial charge in [-0.1, -0.05) is 35.0 Å². The molecule has 17 heavy (non-hydrogen) atoms. The maximum atomic E-state index is 5.45. The lowest BCUT2D eigenvalue weighted by Gasteiger charge is -2.04. The van der Waals surface area contributed by atoms with Crippen LogP contribution in [0.1, 0.15) is 16.9 Å². The number of hydrogen-bond acceptors (Lipinski definition) is 4. The fourth-order valence-electron chi connectivity index (χ4n) is 1.75. The normalized spacial score (nSPS) is 10.5. The molecule has 0 amide bonds.